The van der Waals surface area contributed by atoms with Crippen LogP contribution in [-0.2, 0) is 10.3 Å². The second-order valence-electron chi connectivity index (χ2n) is 5.01. The molecule has 0 aliphatic rings. The molecule has 17 heavy (non-hydrogen) atoms. The van der Waals surface area contributed by atoms with Crippen LogP contribution in [0.2, 0.25) is 0 Å². The maximum atomic E-state index is 12.0. The fraction of sp³-hybridized carbons (Fsp3) is 0.692. The van der Waals surface area contributed by atoms with E-state index in [0.29, 0.717) is 12.4 Å². The number of aryl methyl sites for hydroxylation is 1. The molecule has 0 atom stereocenters. The van der Waals surface area contributed by atoms with Crippen LogP contribution < -0.4 is 5.56 Å². The fourth-order valence-corrected chi connectivity index (χ4v) is 1.99. The summed E-state index contributed by atoms with van der Waals surface area (Å²) < 4.78 is 5.59. The number of ether oxygens (including phenoxy) is 1. The SMILES string of the molecule is CCOC(C)(C)c1nc(C)c(C(C)C)c(=O)[nH]1. The van der Waals surface area contributed by atoms with Gasteiger partial charge in [0.05, 0.1) is 0 Å². The molecule has 0 spiro atoms. The van der Waals surface area contributed by atoms with Crippen LogP contribution in [0, 0.1) is 6.92 Å². The van der Waals surface area contributed by atoms with Crippen molar-refractivity contribution in [3.05, 3.63) is 27.4 Å². The molecule has 1 N–H and O–H groups in total. The molecule has 1 heterocycles. The van der Waals surface area contributed by atoms with E-state index < -0.39 is 5.60 Å². The minimum absolute atomic E-state index is 0.0599. The van der Waals surface area contributed by atoms with Crippen LogP contribution in [0.15, 0.2) is 4.79 Å². The van der Waals surface area contributed by atoms with Crippen LogP contribution in [0.3, 0.4) is 0 Å². The summed E-state index contributed by atoms with van der Waals surface area (Å²) in [5.74, 6) is 0.766. The summed E-state index contributed by atoms with van der Waals surface area (Å²) in [4.78, 5) is 19.3. The Bertz CT molecular complexity index is 447. The molecule has 0 radical (unpaired) electrons. The number of aromatic amines is 1. The molecule has 1 aromatic rings. The van der Waals surface area contributed by atoms with Gasteiger partial charge in [-0.3, -0.25) is 4.79 Å². The summed E-state index contributed by atoms with van der Waals surface area (Å²) in [7, 11) is 0. The van der Waals surface area contributed by atoms with Crippen molar-refractivity contribution in [2.24, 2.45) is 0 Å². The lowest BCUT2D eigenvalue weighted by atomic mass is 10.0. The van der Waals surface area contributed by atoms with Crippen LogP contribution in [0.25, 0.3) is 0 Å². The number of hydrogen-bond acceptors (Lipinski definition) is 3. The lowest BCUT2D eigenvalue weighted by molar-refractivity contribution is -0.0211. The summed E-state index contributed by atoms with van der Waals surface area (Å²) in [5.41, 5.74) is 0.914. The Hall–Kier alpha value is -1.16. The molecule has 0 aliphatic carbocycles. The van der Waals surface area contributed by atoms with E-state index in [1.165, 1.54) is 0 Å². The molecule has 0 fully saturated rings. The Morgan fingerprint density at radius 3 is 2.41 bits per heavy atom. The third kappa shape index (κ3) is 2.94. The van der Waals surface area contributed by atoms with E-state index in [9.17, 15) is 4.79 Å². The molecular weight excluding hydrogens is 216 g/mol. The molecule has 0 aromatic carbocycles. The molecule has 4 nitrogen and oxygen atoms in total. The van der Waals surface area contributed by atoms with E-state index in [2.05, 4.69) is 9.97 Å². The van der Waals surface area contributed by atoms with Crippen molar-refractivity contribution in [1.82, 2.24) is 9.97 Å². The van der Waals surface area contributed by atoms with Crippen molar-refractivity contribution >= 4 is 0 Å². The summed E-state index contributed by atoms with van der Waals surface area (Å²) in [6.45, 7) is 12.2. The molecule has 0 bridgehead atoms. The lowest BCUT2D eigenvalue weighted by Gasteiger charge is -2.24. The van der Waals surface area contributed by atoms with Gasteiger partial charge in [0, 0.05) is 17.9 Å². The van der Waals surface area contributed by atoms with E-state index in [4.69, 9.17) is 4.74 Å². The number of nitrogens with zero attached hydrogens (tertiary/aromatic N) is 1. The minimum Gasteiger partial charge on any atom is -0.368 e. The van der Waals surface area contributed by atoms with Gasteiger partial charge < -0.3 is 9.72 Å². The molecule has 1 aromatic heterocycles. The summed E-state index contributed by atoms with van der Waals surface area (Å²) in [5, 5.41) is 0. The van der Waals surface area contributed by atoms with E-state index in [1.54, 1.807) is 0 Å². The maximum Gasteiger partial charge on any atom is 0.254 e. The first kappa shape index (κ1) is 13.9. The summed E-state index contributed by atoms with van der Waals surface area (Å²) in [6.07, 6.45) is 0. The first-order chi connectivity index (χ1) is 7.79. The van der Waals surface area contributed by atoms with Crippen molar-refractivity contribution in [3.63, 3.8) is 0 Å². The fourth-order valence-electron chi connectivity index (χ4n) is 1.99. The second kappa shape index (κ2) is 5.00. The van der Waals surface area contributed by atoms with Gasteiger partial charge in [-0.25, -0.2) is 4.98 Å². The van der Waals surface area contributed by atoms with Crippen LogP contribution in [-0.4, -0.2) is 16.6 Å². The van der Waals surface area contributed by atoms with Gasteiger partial charge in [0.2, 0.25) is 0 Å². The third-order valence-electron chi connectivity index (χ3n) is 2.80. The van der Waals surface area contributed by atoms with Gasteiger partial charge in [0.25, 0.3) is 5.56 Å². The molecule has 1 rings (SSSR count). The van der Waals surface area contributed by atoms with Crippen LogP contribution >= 0.6 is 0 Å². The van der Waals surface area contributed by atoms with Gasteiger partial charge in [-0.1, -0.05) is 13.8 Å². The highest BCUT2D eigenvalue weighted by molar-refractivity contribution is 5.21. The van der Waals surface area contributed by atoms with E-state index >= 15 is 0 Å². The van der Waals surface area contributed by atoms with Gasteiger partial charge in [-0.2, -0.15) is 0 Å². The smallest absolute Gasteiger partial charge is 0.254 e. The molecule has 0 saturated carbocycles. The summed E-state index contributed by atoms with van der Waals surface area (Å²) in [6, 6.07) is 0. The highest BCUT2D eigenvalue weighted by Gasteiger charge is 2.25. The zero-order valence-electron chi connectivity index (χ0n) is 11.5. The van der Waals surface area contributed by atoms with E-state index in [1.807, 2.05) is 41.5 Å². The monoisotopic (exact) mass is 238 g/mol. The number of nitrogens with one attached hydrogen (secondary N) is 1. The average Bonchev–Trinajstić information content (AvgIpc) is 2.15. The number of H-pyrrole nitrogens is 1. The van der Waals surface area contributed by atoms with Gasteiger partial charge in [-0.05, 0) is 33.6 Å². The van der Waals surface area contributed by atoms with Crippen LogP contribution in [0.4, 0.5) is 0 Å². The average molecular weight is 238 g/mol. The Labute approximate surface area is 102 Å². The molecule has 4 heteroatoms. The topological polar surface area (TPSA) is 55.0 Å². The molecule has 0 amide bonds. The van der Waals surface area contributed by atoms with E-state index in [-0.39, 0.29) is 11.5 Å². The first-order valence-corrected chi connectivity index (χ1v) is 6.04. The normalized spacial score (nSPS) is 12.2. The second-order valence-corrected chi connectivity index (χ2v) is 5.01. The quantitative estimate of drug-likeness (QED) is 0.876. The molecular formula is C13H22N2O2. The van der Waals surface area contributed by atoms with Gasteiger partial charge in [0.1, 0.15) is 11.4 Å². The van der Waals surface area contributed by atoms with Crippen LogP contribution in [0.1, 0.15) is 57.6 Å². The largest absolute Gasteiger partial charge is 0.368 e. The molecule has 0 aliphatic heterocycles. The third-order valence-corrected chi connectivity index (χ3v) is 2.80. The van der Waals surface area contributed by atoms with Crippen molar-refractivity contribution in [2.45, 2.75) is 53.1 Å². The number of rotatable bonds is 4. The first-order valence-electron chi connectivity index (χ1n) is 6.04. The number of aromatic nitrogens is 2. The van der Waals surface area contributed by atoms with Gasteiger partial charge >= 0.3 is 0 Å². The Kier molecular flexibility index (Phi) is 4.09. The minimum atomic E-state index is -0.561. The zero-order chi connectivity index (χ0) is 13.2. The van der Waals surface area contributed by atoms with Gasteiger partial charge in [0.15, 0.2) is 0 Å². The Morgan fingerprint density at radius 1 is 1.41 bits per heavy atom. The maximum absolute atomic E-state index is 12.0. The lowest BCUT2D eigenvalue weighted by Crippen LogP contribution is -2.30. The predicted molar refractivity (Wildman–Crippen MR) is 68.3 cm³/mol. The number of hydrogen-bond donors (Lipinski definition) is 1. The molecule has 96 valence electrons. The predicted octanol–water partition coefficient (Wildman–Crippen LogP) is 2.47. The molecule has 0 unspecified atom stereocenters. The van der Waals surface area contributed by atoms with Crippen molar-refractivity contribution < 1.29 is 4.74 Å². The Balaban J connectivity index is 3.28. The highest BCUT2D eigenvalue weighted by Crippen LogP contribution is 2.21. The van der Waals surface area contributed by atoms with Crippen molar-refractivity contribution in [1.29, 1.82) is 0 Å². The highest BCUT2D eigenvalue weighted by atomic mass is 16.5. The molecule has 0 saturated heterocycles. The Morgan fingerprint density at radius 2 is 2.00 bits per heavy atom. The van der Waals surface area contributed by atoms with Crippen molar-refractivity contribution in [3.8, 4) is 0 Å². The van der Waals surface area contributed by atoms with Crippen LogP contribution in [0.5, 0.6) is 0 Å². The standard InChI is InChI=1S/C13H22N2O2/c1-7-17-13(5,6)12-14-9(4)10(8(2)3)11(16)15-12/h8H,7H2,1-6H3,(H,14,15,16). The van der Waals surface area contributed by atoms with Gasteiger partial charge in [-0.15, -0.1) is 0 Å². The summed E-state index contributed by atoms with van der Waals surface area (Å²) >= 11 is 0. The zero-order valence-corrected chi connectivity index (χ0v) is 11.5. The van der Waals surface area contributed by atoms with E-state index in [0.717, 1.165) is 11.3 Å². The van der Waals surface area contributed by atoms with Crippen molar-refractivity contribution in [2.75, 3.05) is 6.61 Å².